The van der Waals surface area contributed by atoms with Crippen LogP contribution in [0.2, 0.25) is 0 Å². The molecule has 23 heavy (non-hydrogen) atoms. The van der Waals surface area contributed by atoms with Crippen LogP contribution in [0.3, 0.4) is 0 Å². The average Bonchev–Trinajstić information content (AvgIpc) is 2.88. The predicted molar refractivity (Wildman–Crippen MR) is 83.9 cm³/mol. The van der Waals surface area contributed by atoms with Gasteiger partial charge in [0.2, 0.25) is 11.9 Å². The molecule has 0 aliphatic carbocycles. The normalized spacial score (nSPS) is 20.2. The van der Waals surface area contributed by atoms with E-state index in [2.05, 4.69) is 15.4 Å². The average molecular weight is 324 g/mol. The maximum Gasteiger partial charge on any atom is 0.324 e. The maximum absolute atomic E-state index is 12.4. The highest BCUT2D eigenvalue weighted by atomic mass is 16.5. The molecule has 1 unspecified atom stereocenters. The van der Waals surface area contributed by atoms with E-state index < -0.39 is 5.60 Å². The summed E-state index contributed by atoms with van der Waals surface area (Å²) in [6.07, 6.45) is 1.42. The van der Waals surface area contributed by atoms with Crippen molar-refractivity contribution in [3.63, 3.8) is 0 Å². The van der Waals surface area contributed by atoms with Crippen molar-refractivity contribution >= 4 is 17.9 Å². The second-order valence-electron chi connectivity index (χ2n) is 6.31. The van der Waals surface area contributed by atoms with E-state index in [0.717, 1.165) is 0 Å². The Labute approximate surface area is 135 Å². The van der Waals surface area contributed by atoms with Crippen LogP contribution in [0.4, 0.5) is 10.7 Å². The number of carbonyl (C=O) groups excluding carboxylic acids is 2. The number of anilines is 1. The summed E-state index contributed by atoms with van der Waals surface area (Å²) >= 11 is 0. The zero-order chi connectivity index (χ0) is 17.2. The van der Waals surface area contributed by atoms with Crippen molar-refractivity contribution in [1.82, 2.24) is 24.6 Å². The number of likely N-dealkylation sites (N-methyl/N-ethyl adjacent to an activating group) is 1. The lowest BCUT2D eigenvalue weighted by molar-refractivity contribution is -0.129. The molecule has 0 aromatic carbocycles. The first-order valence-electron chi connectivity index (χ1n) is 7.52. The fourth-order valence-corrected chi connectivity index (χ4v) is 2.25. The third-order valence-electron chi connectivity index (χ3n) is 4.09. The molecule has 2 heterocycles. The van der Waals surface area contributed by atoms with Gasteiger partial charge in [-0.15, -0.1) is 5.10 Å². The number of urea groups is 1. The van der Waals surface area contributed by atoms with Crippen LogP contribution in [-0.2, 0) is 16.1 Å². The summed E-state index contributed by atoms with van der Waals surface area (Å²) in [5, 5.41) is 6.76. The number of aromatic nitrogens is 3. The quantitative estimate of drug-likeness (QED) is 0.868. The molecule has 2 rings (SSSR count). The van der Waals surface area contributed by atoms with E-state index in [4.69, 9.17) is 4.74 Å². The summed E-state index contributed by atoms with van der Waals surface area (Å²) in [7, 11) is 3.34. The molecule has 0 spiro atoms. The Hall–Kier alpha value is -2.16. The Morgan fingerprint density at radius 1 is 1.48 bits per heavy atom. The molecule has 0 saturated carbocycles. The van der Waals surface area contributed by atoms with E-state index in [0.29, 0.717) is 13.2 Å². The van der Waals surface area contributed by atoms with Gasteiger partial charge in [0.25, 0.3) is 0 Å². The minimum atomic E-state index is -0.402. The van der Waals surface area contributed by atoms with Crippen LogP contribution in [0.15, 0.2) is 6.33 Å². The maximum atomic E-state index is 12.4. The molecule has 1 aromatic heterocycles. The van der Waals surface area contributed by atoms with Crippen molar-refractivity contribution in [2.75, 3.05) is 32.6 Å². The first kappa shape index (κ1) is 17.2. The van der Waals surface area contributed by atoms with E-state index in [-0.39, 0.29) is 30.5 Å². The lowest BCUT2D eigenvalue weighted by Gasteiger charge is -2.44. The number of hydrogen-bond donors (Lipinski definition) is 1. The molecule has 1 aromatic rings. The Balaban J connectivity index is 1.98. The fraction of sp³-hybridized carbons (Fsp3) is 0.714. The second kappa shape index (κ2) is 6.53. The molecule has 3 amide bonds. The lowest BCUT2D eigenvalue weighted by Crippen LogP contribution is -2.58. The monoisotopic (exact) mass is 324 g/mol. The molecule has 1 atom stereocenters. The number of nitrogens with one attached hydrogen (secondary N) is 1. The first-order chi connectivity index (χ1) is 10.7. The van der Waals surface area contributed by atoms with Gasteiger partial charge in [0.05, 0.1) is 18.2 Å². The number of carbonyl (C=O) groups is 2. The van der Waals surface area contributed by atoms with Gasteiger partial charge in [-0.2, -0.15) is 0 Å². The summed E-state index contributed by atoms with van der Waals surface area (Å²) < 4.78 is 7.07. The van der Waals surface area contributed by atoms with Gasteiger partial charge in [0.15, 0.2) is 0 Å². The second-order valence-corrected chi connectivity index (χ2v) is 6.31. The van der Waals surface area contributed by atoms with E-state index in [1.807, 2.05) is 20.8 Å². The molecule has 9 nitrogen and oxygen atoms in total. The largest absolute Gasteiger partial charge is 0.372 e. The minimum Gasteiger partial charge on any atom is -0.372 e. The molecular formula is C14H24N6O3. The molecule has 128 valence electrons. The molecule has 1 fully saturated rings. The Kier molecular flexibility index (Phi) is 4.88. The zero-order valence-electron chi connectivity index (χ0n) is 14.2. The number of rotatable bonds is 3. The third-order valence-corrected chi connectivity index (χ3v) is 4.09. The summed E-state index contributed by atoms with van der Waals surface area (Å²) in [4.78, 5) is 31.2. The van der Waals surface area contributed by atoms with Crippen molar-refractivity contribution in [2.24, 2.45) is 0 Å². The highest BCUT2D eigenvalue weighted by molar-refractivity contribution is 5.87. The number of ether oxygens (including phenoxy) is 1. The van der Waals surface area contributed by atoms with Crippen LogP contribution in [0.1, 0.15) is 20.8 Å². The van der Waals surface area contributed by atoms with E-state index >= 15 is 0 Å². The van der Waals surface area contributed by atoms with Gasteiger partial charge in [-0.3, -0.25) is 10.1 Å². The molecule has 1 aliphatic heterocycles. The van der Waals surface area contributed by atoms with Crippen LogP contribution in [0.25, 0.3) is 0 Å². The zero-order valence-corrected chi connectivity index (χ0v) is 14.2. The Bertz CT molecular complexity index is 583. The molecular weight excluding hydrogens is 300 g/mol. The molecule has 0 bridgehead atoms. The molecule has 1 N–H and O–H groups in total. The summed E-state index contributed by atoms with van der Waals surface area (Å²) in [6, 6.07) is -0.348. The SMILES string of the molecule is CC1N(C(=O)Nc2ncn(CC(=O)N(C)C)n2)CCOC1(C)C. The van der Waals surface area contributed by atoms with E-state index in [1.165, 1.54) is 15.9 Å². The summed E-state index contributed by atoms with van der Waals surface area (Å²) in [6.45, 7) is 6.94. The Morgan fingerprint density at radius 3 is 2.83 bits per heavy atom. The molecule has 1 aliphatic rings. The van der Waals surface area contributed by atoms with Gasteiger partial charge < -0.3 is 14.5 Å². The lowest BCUT2D eigenvalue weighted by atomic mass is 9.97. The van der Waals surface area contributed by atoms with Gasteiger partial charge in [0.1, 0.15) is 12.9 Å². The van der Waals surface area contributed by atoms with Gasteiger partial charge in [-0.25, -0.2) is 14.5 Å². The number of nitrogens with zero attached hydrogens (tertiary/aromatic N) is 5. The van der Waals surface area contributed by atoms with Crippen molar-refractivity contribution in [1.29, 1.82) is 0 Å². The number of hydrogen-bond acceptors (Lipinski definition) is 5. The van der Waals surface area contributed by atoms with E-state index in [1.54, 1.807) is 19.0 Å². The standard InChI is InChI=1S/C14H24N6O3/c1-10-14(2,3)23-7-6-20(10)13(22)16-12-15-9-19(17-12)8-11(21)18(4)5/h9-10H,6-8H2,1-5H3,(H,16,17,22). The van der Waals surface area contributed by atoms with Gasteiger partial charge in [-0.1, -0.05) is 0 Å². The summed E-state index contributed by atoms with van der Waals surface area (Å²) in [5.74, 6) is 0.0781. The van der Waals surface area contributed by atoms with Crippen LogP contribution in [0, 0.1) is 0 Å². The van der Waals surface area contributed by atoms with Gasteiger partial charge in [0, 0.05) is 20.6 Å². The highest BCUT2D eigenvalue weighted by Gasteiger charge is 2.38. The third kappa shape index (κ3) is 3.98. The van der Waals surface area contributed by atoms with Crippen molar-refractivity contribution in [2.45, 2.75) is 39.0 Å². The minimum absolute atomic E-state index is 0.0753. The molecule has 1 saturated heterocycles. The smallest absolute Gasteiger partial charge is 0.324 e. The Morgan fingerprint density at radius 2 is 2.17 bits per heavy atom. The summed E-state index contributed by atoms with van der Waals surface area (Å²) in [5.41, 5.74) is -0.402. The van der Waals surface area contributed by atoms with Gasteiger partial charge in [-0.05, 0) is 20.8 Å². The van der Waals surface area contributed by atoms with Crippen LogP contribution in [-0.4, -0.2) is 75.4 Å². The van der Waals surface area contributed by atoms with Crippen LogP contribution < -0.4 is 5.32 Å². The molecule has 9 heteroatoms. The van der Waals surface area contributed by atoms with Crippen LogP contribution >= 0.6 is 0 Å². The van der Waals surface area contributed by atoms with Crippen molar-refractivity contribution in [3.8, 4) is 0 Å². The number of morpholine rings is 1. The predicted octanol–water partition coefficient (Wildman–Crippen LogP) is 0.398. The van der Waals surface area contributed by atoms with Gasteiger partial charge >= 0.3 is 6.03 Å². The number of amides is 3. The highest BCUT2D eigenvalue weighted by Crippen LogP contribution is 2.24. The first-order valence-corrected chi connectivity index (χ1v) is 7.52. The van der Waals surface area contributed by atoms with Crippen molar-refractivity contribution < 1.29 is 14.3 Å². The topological polar surface area (TPSA) is 92.6 Å². The van der Waals surface area contributed by atoms with E-state index in [9.17, 15) is 9.59 Å². The van der Waals surface area contributed by atoms with Crippen LogP contribution in [0.5, 0.6) is 0 Å². The molecule has 0 radical (unpaired) electrons. The fourth-order valence-electron chi connectivity index (χ4n) is 2.25. The van der Waals surface area contributed by atoms with Crippen molar-refractivity contribution in [3.05, 3.63) is 6.33 Å².